The molecule has 9 heteroatoms. The van der Waals surface area contributed by atoms with Crippen molar-refractivity contribution in [3.63, 3.8) is 0 Å². The third-order valence-electron chi connectivity index (χ3n) is 5.58. The van der Waals surface area contributed by atoms with Gasteiger partial charge in [0.15, 0.2) is 0 Å². The average molecular weight is 490 g/mol. The number of rotatable bonds is 9. The van der Waals surface area contributed by atoms with E-state index in [2.05, 4.69) is 11.9 Å². The first-order valence-electron chi connectivity index (χ1n) is 10.6. The van der Waals surface area contributed by atoms with Crippen molar-refractivity contribution >= 4 is 34.5 Å². The molecule has 5 atom stereocenters. The van der Waals surface area contributed by atoms with Crippen LogP contribution in [0.5, 0.6) is 0 Å². The van der Waals surface area contributed by atoms with Crippen LogP contribution in [0.1, 0.15) is 59.7 Å². The monoisotopic (exact) mass is 489 g/mol. The first-order chi connectivity index (χ1) is 14.8. The largest absolute Gasteiger partial charge is 0.394 e. The number of ether oxygens (including phenoxy) is 1. The summed E-state index contributed by atoms with van der Waals surface area (Å²) in [5, 5.41) is 41.7. The molecule has 1 aliphatic rings. The van der Waals surface area contributed by atoms with Gasteiger partial charge in [0.25, 0.3) is 0 Å². The lowest BCUT2D eigenvalue weighted by atomic mass is 9.90. The maximum Gasteiger partial charge on any atom is 0.113 e. The molecule has 1 aromatic carbocycles. The van der Waals surface area contributed by atoms with Crippen LogP contribution in [0.4, 0.5) is 0 Å². The lowest BCUT2D eigenvalue weighted by Crippen LogP contribution is -2.55. The molecule has 2 aromatic rings. The summed E-state index contributed by atoms with van der Waals surface area (Å²) in [4.78, 5) is 5.76. The van der Waals surface area contributed by atoms with Gasteiger partial charge in [-0.05, 0) is 30.5 Å². The maximum atomic E-state index is 10.5. The number of thiazole rings is 1. The van der Waals surface area contributed by atoms with Crippen LogP contribution in [0.25, 0.3) is 0 Å². The van der Waals surface area contributed by atoms with Crippen LogP contribution < -0.4 is 0 Å². The molecule has 0 bridgehead atoms. The molecule has 4 N–H and O–H groups in total. The Morgan fingerprint density at radius 1 is 1.03 bits per heavy atom. The van der Waals surface area contributed by atoms with Gasteiger partial charge in [0, 0.05) is 33.1 Å². The van der Waals surface area contributed by atoms with Crippen LogP contribution in [0.3, 0.4) is 0 Å². The van der Waals surface area contributed by atoms with Gasteiger partial charge in [0.05, 0.1) is 11.6 Å². The van der Waals surface area contributed by atoms with Gasteiger partial charge in [-0.2, -0.15) is 0 Å². The summed E-state index contributed by atoms with van der Waals surface area (Å²) in [7, 11) is 0. The van der Waals surface area contributed by atoms with E-state index in [1.165, 1.54) is 24.1 Å². The quantitative estimate of drug-likeness (QED) is 0.400. The highest BCUT2D eigenvalue weighted by atomic mass is 35.5. The molecule has 172 valence electrons. The van der Waals surface area contributed by atoms with Gasteiger partial charge in [-0.15, -0.1) is 11.3 Å². The van der Waals surface area contributed by atoms with Crippen LogP contribution in [0, 0.1) is 0 Å². The van der Waals surface area contributed by atoms with Gasteiger partial charge < -0.3 is 25.2 Å². The van der Waals surface area contributed by atoms with Crippen molar-refractivity contribution in [3.8, 4) is 0 Å². The zero-order valence-electron chi connectivity index (χ0n) is 17.4. The number of hydrogen-bond donors (Lipinski definition) is 4. The summed E-state index contributed by atoms with van der Waals surface area (Å²) in [5.41, 5.74) is 1.21. The molecule has 1 aliphatic heterocycles. The maximum absolute atomic E-state index is 10.5. The van der Waals surface area contributed by atoms with Crippen LogP contribution in [0.2, 0.25) is 10.0 Å². The number of aliphatic hydroxyl groups is 4. The zero-order chi connectivity index (χ0) is 22.5. The second-order valence-electron chi connectivity index (χ2n) is 7.92. The second kappa shape index (κ2) is 11.4. The van der Waals surface area contributed by atoms with Gasteiger partial charge in [-0.25, -0.2) is 4.98 Å². The summed E-state index contributed by atoms with van der Waals surface area (Å²) in [6.07, 6.45) is 1.93. The number of halogens is 2. The van der Waals surface area contributed by atoms with Gasteiger partial charge in [0.1, 0.15) is 30.5 Å². The predicted molar refractivity (Wildman–Crippen MR) is 122 cm³/mol. The van der Waals surface area contributed by atoms with Crippen molar-refractivity contribution in [3.05, 3.63) is 49.4 Å². The Labute approximate surface area is 196 Å². The van der Waals surface area contributed by atoms with E-state index in [-0.39, 0.29) is 5.02 Å². The molecule has 1 fully saturated rings. The van der Waals surface area contributed by atoms with E-state index in [1.54, 1.807) is 23.5 Å². The van der Waals surface area contributed by atoms with Gasteiger partial charge >= 0.3 is 0 Å². The molecule has 0 spiro atoms. The number of nitrogens with zero attached hydrogens (tertiary/aromatic N) is 1. The molecule has 1 aromatic heterocycles. The minimum atomic E-state index is -1.47. The highest BCUT2D eigenvalue weighted by Gasteiger charge is 2.44. The normalized spacial score (nSPS) is 26.4. The Hall–Kier alpha value is -0.770. The van der Waals surface area contributed by atoms with E-state index in [1.807, 2.05) is 6.20 Å². The third-order valence-corrected chi connectivity index (χ3v) is 7.32. The SMILES string of the molecule is CCCCCCc1cnc(Cc2cc([C@@H]3O[C@H](CO)[C@@H](O)[C@H](O)[C@H]3O)c(Cl)cc2Cl)s1. The molecule has 6 nitrogen and oxygen atoms in total. The van der Waals surface area contributed by atoms with Crippen molar-refractivity contribution in [2.24, 2.45) is 0 Å². The zero-order valence-corrected chi connectivity index (χ0v) is 19.7. The van der Waals surface area contributed by atoms with Gasteiger partial charge in [-0.3, -0.25) is 0 Å². The minimum absolute atomic E-state index is 0.272. The van der Waals surface area contributed by atoms with Crippen molar-refractivity contribution in [1.82, 2.24) is 4.98 Å². The van der Waals surface area contributed by atoms with E-state index < -0.39 is 37.1 Å². The number of aromatic nitrogens is 1. The summed E-state index contributed by atoms with van der Waals surface area (Å²) in [6, 6.07) is 3.31. The summed E-state index contributed by atoms with van der Waals surface area (Å²) in [6.45, 7) is 1.69. The smallest absolute Gasteiger partial charge is 0.113 e. The predicted octanol–water partition coefficient (Wildman–Crippen LogP) is 3.68. The molecular formula is C22H29Cl2NO5S. The van der Waals surface area contributed by atoms with Gasteiger partial charge in [0.2, 0.25) is 0 Å². The molecule has 0 amide bonds. The number of benzene rings is 1. The topological polar surface area (TPSA) is 103 Å². The summed E-state index contributed by atoms with van der Waals surface area (Å²) in [5.74, 6) is 0. The number of aryl methyl sites for hydroxylation is 1. The lowest BCUT2D eigenvalue weighted by molar-refractivity contribution is -0.231. The molecule has 0 aliphatic carbocycles. The third kappa shape index (κ3) is 5.97. The van der Waals surface area contributed by atoms with E-state index >= 15 is 0 Å². The highest BCUT2D eigenvalue weighted by molar-refractivity contribution is 7.11. The fourth-order valence-corrected chi connectivity index (χ4v) is 5.30. The second-order valence-corrected chi connectivity index (χ2v) is 9.94. The van der Waals surface area contributed by atoms with Gasteiger partial charge in [-0.1, -0.05) is 49.4 Å². The molecule has 2 heterocycles. The van der Waals surface area contributed by atoms with Crippen LogP contribution in [-0.4, -0.2) is 56.4 Å². The fraction of sp³-hybridized carbons (Fsp3) is 0.591. The number of hydrogen-bond acceptors (Lipinski definition) is 7. The van der Waals surface area contributed by atoms with Crippen molar-refractivity contribution in [1.29, 1.82) is 0 Å². The molecule has 31 heavy (non-hydrogen) atoms. The lowest BCUT2D eigenvalue weighted by Gasteiger charge is -2.40. The van der Waals surface area contributed by atoms with Crippen molar-refractivity contribution < 1.29 is 25.2 Å². The van der Waals surface area contributed by atoms with E-state index in [0.717, 1.165) is 23.4 Å². The Kier molecular flexibility index (Phi) is 9.13. The molecule has 0 saturated carbocycles. The Morgan fingerprint density at radius 3 is 2.52 bits per heavy atom. The molecule has 3 rings (SSSR count). The van der Waals surface area contributed by atoms with Crippen molar-refractivity contribution in [2.75, 3.05) is 6.61 Å². The van der Waals surface area contributed by atoms with Crippen LogP contribution in [-0.2, 0) is 17.6 Å². The Morgan fingerprint density at radius 2 is 1.81 bits per heavy atom. The minimum Gasteiger partial charge on any atom is -0.394 e. The van der Waals surface area contributed by atoms with Crippen LogP contribution >= 0.6 is 34.5 Å². The number of aliphatic hydroxyl groups excluding tert-OH is 4. The fourth-order valence-electron chi connectivity index (χ4n) is 3.76. The first-order valence-corrected chi connectivity index (χ1v) is 12.1. The van der Waals surface area contributed by atoms with E-state index in [4.69, 9.17) is 27.9 Å². The first kappa shape index (κ1) is 24.9. The Bertz CT molecular complexity index is 862. The standard InChI is InChI=1S/C22H29Cl2NO5S/c1-2-3-4-5-6-13-10-25-18(31-13)8-12-7-14(16(24)9-15(12)23)22-21(29)20(28)19(27)17(11-26)30-22/h7,9-10,17,19-22,26-29H,2-6,8,11H2,1H3/t17-,19-,20+,21-,22+/m1/s1. The molecule has 1 saturated heterocycles. The highest BCUT2D eigenvalue weighted by Crippen LogP contribution is 2.38. The van der Waals surface area contributed by atoms with Crippen molar-refractivity contribution in [2.45, 2.75) is 76.0 Å². The summed E-state index contributed by atoms with van der Waals surface area (Å²) >= 11 is 14.4. The molecule has 0 unspecified atom stereocenters. The summed E-state index contributed by atoms with van der Waals surface area (Å²) < 4.78 is 5.66. The Balaban J connectivity index is 1.78. The molecule has 0 radical (unpaired) electrons. The number of unbranched alkanes of at least 4 members (excludes halogenated alkanes) is 3. The van der Waals surface area contributed by atoms with E-state index in [9.17, 15) is 20.4 Å². The average Bonchev–Trinajstić information content (AvgIpc) is 3.19. The van der Waals surface area contributed by atoms with E-state index in [0.29, 0.717) is 17.0 Å². The molecular weight excluding hydrogens is 461 g/mol. The van der Waals surface area contributed by atoms with Crippen LogP contribution in [0.15, 0.2) is 18.3 Å².